The summed E-state index contributed by atoms with van der Waals surface area (Å²) in [4.78, 5) is 0. The van der Waals surface area contributed by atoms with Crippen LogP contribution in [0.3, 0.4) is 0 Å². The molecule has 64 heavy (non-hydrogen) atoms. The van der Waals surface area contributed by atoms with Crippen molar-refractivity contribution in [3.63, 3.8) is 0 Å². The standard InChI is InChI=1S/C44H32O2P2.C10H11F3O2.Yb/c45-47(35-19-5-1-6-20-35,36-21-7-2-8-22-36)41-31-29-33-17-13-15-27-39(33)43(41)44-40-28-16-14-18-34(40)30-32-42(44)48(46,37-23-9-3-10-24-37)38-25-11-4-12-26-38;11-10(12,13)9(15)6-8(14)7-4-2-1-3-5-7;/h1-32H;1-5,8-9,14-15H,6H2;. The van der Waals surface area contributed by atoms with Gasteiger partial charge in [-0.25, -0.2) is 0 Å². The summed E-state index contributed by atoms with van der Waals surface area (Å²) in [5.74, 6) is 0. The van der Waals surface area contributed by atoms with Gasteiger partial charge < -0.3 is 19.3 Å². The molecule has 0 aromatic heterocycles. The van der Waals surface area contributed by atoms with E-state index in [9.17, 15) is 18.3 Å². The third kappa shape index (κ3) is 9.59. The summed E-state index contributed by atoms with van der Waals surface area (Å²) < 4.78 is 68.3. The predicted octanol–water partition coefficient (Wildman–Crippen LogP) is 11.0. The Balaban J connectivity index is 0.000000328. The number of fused-ring (bicyclic) bond motifs is 2. The molecule has 0 saturated heterocycles. The molecule has 9 aromatic rings. The van der Waals surface area contributed by atoms with Gasteiger partial charge in [0.1, 0.15) is 0 Å². The van der Waals surface area contributed by atoms with Crippen LogP contribution in [-0.4, -0.2) is 22.5 Å². The largest absolute Gasteiger partial charge is 0.414 e. The van der Waals surface area contributed by atoms with Crippen LogP contribution >= 0.6 is 14.3 Å². The van der Waals surface area contributed by atoms with Crippen LogP contribution < -0.4 is 31.8 Å². The zero-order valence-electron chi connectivity index (χ0n) is 34.2. The molecular formula is C54H43F3O4P2Yb. The average Bonchev–Trinajstić information content (AvgIpc) is 3.34. The number of alkyl halides is 3. The molecule has 10 heteroatoms. The van der Waals surface area contributed by atoms with Crippen LogP contribution in [0.5, 0.6) is 0 Å². The molecule has 0 aliphatic heterocycles. The Labute approximate surface area is 409 Å². The number of hydrogen-bond donors (Lipinski definition) is 2. The fourth-order valence-corrected chi connectivity index (χ4v) is 13.9. The average molecular weight is 1050 g/mol. The first-order chi connectivity index (χ1) is 30.5. The summed E-state index contributed by atoms with van der Waals surface area (Å²) in [6.45, 7) is 0. The normalized spacial score (nSPS) is 12.7. The Kier molecular flexibility index (Phi) is 15.2. The van der Waals surface area contributed by atoms with E-state index in [2.05, 4.69) is 36.4 Å². The SMILES string of the molecule is O=P(c1ccccc1)(c1ccccc1)c1ccc2ccccc2c1-c1c(P(=O)(c2ccccc2)c2ccccc2)ccc2ccccc12.OC(CC(O)C(F)(F)F)c1ccccc1.[Yb]. The van der Waals surface area contributed by atoms with Crippen molar-refractivity contribution in [3.05, 3.63) is 230 Å². The van der Waals surface area contributed by atoms with Crippen molar-refractivity contribution in [2.45, 2.75) is 24.8 Å². The minimum absolute atomic E-state index is 0. The Hall–Kier alpha value is -4.81. The monoisotopic (exact) mass is 1050 g/mol. The van der Waals surface area contributed by atoms with Crippen LogP contribution in [0.25, 0.3) is 32.7 Å². The molecule has 0 bridgehead atoms. The maximum Gasteiger partial charge on any atom is 0.414 e. The van der Waals surface area contributed by atoms with Crippen molar-refractivity contribution in [2.24, 2.45) is 0 Å². The van der Waals surface area contributed by atoms with Crippen molar-refractivity contribution >= 4 is 67.7 Å². The molecule has 9 aromatic carbocycles. The van der Waals surface area contributed by atoms with E-state index < -0.39 is 39.1 Å². The first-order valence-electron chi connectivity index (χ1n) is 20.5. The second-order valence-corrected chi connectivity index (χ2v) is 20.6. The molecule has 0 radical (unpaired) electrons. The molecule has 9 rings (SSSR count). The van der Waals surface area contributed by atoms with Gasteiger partial charge in [0.25, 0.3) is 0 Å². The van der Waals surface area contributed by atoms with Gasteiger partial charge in [0.15, 0.2) is 20.4 Å². The Morgan fingerprint density at radius 2 is 0.703 bits per heavy atom. The minimum atomic E-state index is -4.68. The van der Waals surface area contributed by atoms with Crippen LogP contribution in [-0.2, 0) is 9.13 Å². The molecule has 328 valence electrons. The zero-order valence-corrected chi connectivity index (χ0v) is 37.7. The van der Waals surface area contributed by atoms with E-state index >= 15 is 9.13 Å². The summed E-state index contributed by atoms with van der Waals surface area (Å²) in [6.07, 6.45) is -9.22. The minimum Gasteiger partial charge on any atom is -0.388 e. The second kappa shape index (κ2) is 20.6. The fraction of sp³-hybridized carbons (Fsp3) is 0.0741. The molecule has 2 atom stereocenters. The van der Waals surface area contributed by atoms with E-state index in [1.807, 2.05) is 158 Å². The van der Waals surface area contributed by atoms with Gasteiger partial charge in [-0.1, -0.05) is 212 Å². The summed E-state index contributed by atoms with van der Waals surface area (Å²) >= 11 is 0. The van der Waals surface area contributed by atoms with Gasteiger partial charge in [-0.15, -0.1) is 0 Å². The third-order valence-electron chi connectivity index (χ3n) is 11.2. The molecule has 0 spiro atoms. The summed E-state index contributed by atoms with van der Waals surface area (Å²) in [7, 11) is -6.94. The van der Waals surface area contributed by atoms with Gasteiger partial charge in [-0.2, -0.15) is 13.2 Å². The first kappa shape index (κ1) is 47.2. The van der Waals surface area contributed by atoms with Crippen molar-refractivity contribution in [2.75, 3.05) is 0 Å². The van der Waals surface area contributed by atoms with Crippen LogP contribution in [0.2, 0.25) is 0 Å². The van der Waals surface area contributed by atoms with Crippen molar-refractivity contribution in [1.82, 2.24) is 0 Å². The number of aliphatic hydroxyl groups excluding tert-OH is 2. The molecule has 0 fully saturated rings. The number of halogens is 3. The predicted molar refractivity (Wildman–Crippen MR) is 254 cm³/mol. The maximum atomic E-state index is 16.2. The molecule has 0 aliphatic rings. The maximum absolute atomic E-state index is 16.2. The Morgan fingerprint density at radius 1 is 0.406 bits per heavy atom. The van der Waals surface area contributed by atoms with E-state index in [1.165, 1.54) is 12.1 Å². The number of aliphatic hydroxyl groups is 2. The van der Waals surface area contributed by atoms with Gasteiger partial charge in [-0.3, -0.25) is 0 Å². The van der Waals surface area contributed by atoms with Crippen molar-refractivity contribution in [1.29, 1.82) is 0 Å². The molecule has 4 nitrogen and oxygen atoms in total. The van der Waals surface area contributed by atoms with Crippen molar-refractivity contribution < 1.29 is 79.4 Å². The van der Waals surface area contributed by atoms with Gasteiger partial charge in [0.2, 0.25) is 0 Å². The van der Waals surface area contributed by atoms with Crippen LogP contribution in [0.1, 0.15) is 18.1 Å². The zero-order chi connectivity index (χ0) is 44.0. The fourth-order valence-electron chi connectivity index (χ4n) is 8.13. The van der Waals surface area contributed by atoms with Gasteiger partial charge in [-0.05, 0) is 39.2 Å². The second-order valence-electron chi connectivity index (χ2n) is 15.1. The molecular weight excluding hydrogens is 1000 g/mol. The molecule has 0 saturated carbocycles. The van der Waals surface area contributed by atoms with E-state index in [4.69, 9.17) is 5.11 Å². The Morgan fingerprint density at radius 3 is 1.03 bits per heavy atom. The van der Waals surface area contributed by atoms with Crippen LogP contribution in [0, 0.1) is 46.9 Å². The number of rotatable bonds is 10. The smallest absolute Gasteiger partial charge is 0.388 e. The number of hydrogen-bond acceptors (Lipinski definition) is 4. The quantitative estimate of drug-likeness (QED) is 0.134. The third-order valence-corrected chi connectivity index (χ3v) is 17.4. The van der Waals surface area contributed by atoms with Crippen molar-refractivity contribution in [3.8, 4) is 11.1 Å². The molecule has 0 amide bonds. The van der Waals surface area contributed by atoms with Gasteiger partial charge in [0, 0.05) is 96.3 Å². The summed E-state index contributed by atoms with van der Waals surface area (Å²) in [6, 6.07) is 71.9. The summed E-state index contributed by atoms with van der Waals surface area (Å²) in [5, 5.41) is 26.6. The molecule has 0 aliphatic carbocycles. The van der Waals surface area contributed by atoms with Crippen LogP contribution in [0.15, 0.2) is 224 Å². The topological polar surface area (TPSA) is 74.6 Å². The van der Waals surface area contributed by atoms with E-state index in [-0.39, 0.29) is 46.9 Å². The van der Waals surface area contributed by atoms with E-state index in [0.717, 1.165) is 64.5 Å². The molecule has 2 unspecified atom stereocenters. The molecule has 2 N–H and O–H groups in total. The molecule has 0 heterocycles. The first-order valence-corrected chi connectivity index (χ1v) is 23.9. The summed E-state index contributed by atoms with van der Waals surface area (Å²) in [5.41, 5.74) is 2.06. The van der Waals surface area contributed by atoms with E-state index in [0.29, 0.717) is 5.56 Å². The van der Waals surface area contributed by atoms with Crippen LogP contribution in [0.4, 0.5) is 13.2 Å². The number of benzene rings is 9. The van der Waals surface area contributed by atoms with E-state index in [1.54, 1.807) is 18.2 Å². The van der Waals surface area contributed by atoms with Gasteiger partial charge in [0.05, 0.1) is 6.10 Å². The van der Waals surface area contributed by atoms with Gasteiger partial charge >= 0.3 is 6.18 Å². The Bertz CT molecular complexity index is 2800.